The van der Waals surface area contributed by atoms with Crippen LogP contribution in [0.4, 0.5) is 5.82 Å². The number of aliphatic hydroxyl groups excluding tert-OH is 1. The quantitative estimate of drug-likeness (QED) is 0.817. The summed E-state index contributed by atoms with van der Waals surface area (Å²) in [6.07, 6.45) is 0. The Morgan fingerprint density at radius 3 is 2.80 bits per heavy atom. The number of aryl methyl sites for hydroxylation is 2. The van der Waals surface area contributed by atoms with Gasteiger partial charge in [0.2, 0.25) is 0 Å². The van der Waals surface area contributed by atoms with Crippen LogP contribution in [0.15, 0.2) is 28.8 Å². The van der Waals surface area contributed by atoms with Gasteiger partial charge in [0.1, 0.15) is 12.4 Å². The summed E-state index contributed by atoms with van der Waals surface area (Å²) in [5.41, 5.74) is 2.07. The van der Waals surface area contributed by atoms with Gasteiger partial charge in [-0.2, -0.15) is 0 Å². The van der Waals surface area contributed by atoms with Crippen molar-refractivity contribution in [3.63, 3.8) is 0 Å². The fourth-order valence-corrected chi connectivity index (χ4v) is 1.74. The maximum absolute atomic E-state index is 12.1. The topological polar surface area (TPSA) is 75.4 Å². The number of nitrogens with zero attached hydrogens (tertiary/aromatic N) is 1. The van der Waals surface area contributed by atoms with Gasteiger partial charge in [0.05, 0.1) is 0 Å². The van der Waals surface area contributed by atoms with E-state index in [9.17, 15) is 4.79 Å². The SMILES string of the molecule is Cc1cc(C#CCO)cc(C(=O)Nc2cc(C)on2)c1. The number of hydrogen-bond donors (Lipinski definition) is 2. The molecule has 0 bridgehead atoms. The molecule has 0 aliphatic carbocycles. The number of anilines is 1. The highest BCUT2D eigenvalue weighted by atomic mass is 16.5. The third-order valence-electron chi connectivity index (χ3n) is 2.52. The van der Waals surface area contributed by atoms with Crippen molar-refractivity contribution in [2.45, 2.75) is 13.8 Å². The summed E-state index contributed by atoms with van der Waals surface area (Å²) < 4.78 is 4.89. The van der Waals surface area contributed by atoms with Crippen LogP contribution in [0.5, 0.6) is 0 Å². The van der Waals surface area contributed by atoms with Gasteiger partial charge in [-0.15, -0.1) is 0 Å². The first-order valence-corrected chi connectivity index (χ1v) is 6.04. The highest BCUT2D eigenvalue weighted by molar-refractivity contribution is 6.04. The van der Waals surface area contributed by atoms with Crippen LogP contribution >= 0.6 is 0 Å². The van der Waals surface area contributed by atoms with E-state index in [0.717, 1.165) is 5.56 Å². The second-order valence-corrected chi connectivity index (χ2v) is 4.32. The molecule has 0 fully saturated rings. The van der Waals surface area contributed by atoms with Crippen molar-refractivity contribution in [3.05, 3.63) is 46.7 Å². The average Bonchev–Trinajstić information content (AvgIpc) is 2.81. The number of aromatic nitrogens is 1. The molecule has 0 radical (unpaired) electrons. The molecule has 0 unspecified atom stereocenters. The van der Waals surface area contributed by atoms with E-state index in [1.54, 1.807) is 25.1 Å². The number of amides is 1. The Balaban J connectivity index is 2.23. The van der Waals surface area contributed by atoms with Crippen molar-refractivity contribution in [2.24, 2.45) is 0 Å². The van der Waals surface area contributed by atoms with Crippen molar-refractivity contribution < 1.29 is 14.4 Å². The highest BCUT2D eigenvalue weighted by Gasteiger charge is 2.10. The van der Waals surface area contributed by atoms with Gasteiger partial charge < -0.3 is 14.9 Å². The minimum atomic E-state index is -0.283. The predicted molar refractivity (Wildman–Crippen MR) is 74.3 cm³/mol. The van der Waals surface area contributed by atoms with E-state index in [2.05, 4.69) is 22.3 Å². The Morgan fingerprint density at radius 1 is 1.35 bits per heavy atom. The van der Waals surface area contributed by atoms with E-state index in [1.165, 1.54) is 0 Å². The fourth-order valence-electron chi connectivity index (χ4n) is 1.74. The zero-order valence-corrected chi connectivity index (χ0v) is 11.2. The van der Waals surface area contributed by atoms with Gasteiger partial charge in [0.25, 0.3) is 5.91 Å². The maximum atomic E-state index is 12.1. The third kappa shape index (κ3) is 3.46. The van der Waals surface area contributed by atoms with E-state index in [-0.39, 0.29) is 12.5 Å². The molecule has 1 aromatic carbocycles. The predicted octanol–water partition coefficient (Wildman–Crippen LogP) is 1.89. The lowest BCUT2D eigenvalue weighted by molar-refractivity contribution is 0.102. The molecule has 1 amide bonds. The van der Waals surface area contributed by atoms with Crippen LogP contribution < -0.4 is 5.32 Å². The standard InChI is InChI=1S/C15H14N2O3/c1-10-6-12(4-3-5-18)9-13(7-10)15(19)16-14-8-11(2)20-17-14/h6-9,18H,5H2,1-2H3,(H,16,17,19). The van der Waals surface area contributed by atoms with E-state index in [1.807, 2.05) is 13.0 Å². The van der Waals surface area contributed by atoms with Crippen LogP contribution in [0.1, 0.15) is 27.2 Å². The summed E-state index contributed by atoms with van der Waals surface area (Å²) in [6, 6.07) is 6.91. The molecule has 2 aromatic rings. The van der Waals surface area contributed by atoms with Gasteiger partial charge in [0, 0.05) is 17.2 Å². The number of nitrogens with one attached hydrogen (secondary N) is 1. The van der Waals surface area contributed by atoms with Crippen molar-refractivity contribution in [1.82, 2.24) is 5.16 Å². The van der Waals surface area contributed by atoms with Crippen LogP contribution in [0, 0.1) is 25.7 Å². The number of benzene rings is 1. The van der Waals surface area contributed by atoms with Crippen molar-refractivity contribution >= 4 is 11.7 Å². The van der Waals surface area contributed by atoms with Crippen LogP contribution in [0.2, 0.25) is 0 Å². The molecule has 20 heavy (non-hydrogen) atoms. The molecule has 1 heterocycles. The van der Waals surface area contributed by atoms with E-state index >= 15 is 0 Å². The molecule has 0 saturated carbocycles. The minimum absolute atomic E-state index is 0.215. The first-order valence-electron chi connectivity index (χ1n) is 6.04. The van der Waals surface area contributed by atoms with Gasteiger partial charge in [-0.1, -0.05) is 17.0 Å². The number of carbonyl (C=O) groups excluding carboxylic acids is 1. The number of aliphatic hydroxyl groups is 1. The summed E-state index contributed by atoms with van der Waals surface area (Å²) in [7, 11) is 0. The number of hydrogen-bond acceptors (Lipinski definition) is 4. The van der Waals surface area contributed by atoms with Gasteiger partial charge in [-0.25, -0.2) is 0 Å². The monoisotopic (exact) mass is 270 g/mol. The van der Waals surface area contributed by atoms with E-state index in [0.29, 0.717) is 22.7 Å². The molecule has 0 aliphatic heterocycles. The Bertz CT molecular complexity index is 693. The molecule has 0 aliphatic rings. The van der Waals surface area contributed by atoms with E-state index < -0.39 is 0 Å². The largest absolute Gasteiger partial charge is 0.384 e. The van der Waals surface area contributed by atoms with E-state index in [4.69, 9.17) is 9.63 Å². The lowest BCUT2D eigenvalue weighted by Crippen LogP contribution is -2.12. The van der Waals surface area contributed by atoms with Crippen molar-refractivity contribution in [2.75, 3.05) is 11.9 Å². The zero-order chi connectivity index (χ0) is 14.5. The maximum Gasteiger partial charge on any atom is 0.256 e. The summed E-state index contributed by atoms with van der Waals surface area (Å²) >= 11 is 0. The molecule has 2 rings (SSSR count). The summed E-state index contributed by atoms with van der Waals surface area (Å²) in [5.74, 6) is 6.05. The third-order valence-corrected chi connectivity index (χ3v) is 2.52. The van der Waals surface area contributed by atoms with Crippen molar-refractivity contribution in [3.8, 4) is 11.8 Å². The normalized spacial score (nSPS) is 9.75. The zero-order valence-electron chi connectivity index (χ0n) is 11.2. The Kier molecular flexibility index (Phi) is 4.18. The molecular weight excluding hydrogens is 256 g/mol. The van der Waals surface area contributed by atoms with Gasteiger partial charge >= 0.3 is 0 Å². The van der Waals surface area contributed by atoms with Crippen LogP contribution in [0.3, 0.4) is 0 Å². The van der Waals surface area contributed by atoms with Crippen LogP contribution in [-0.2, 0) is 0 Å². The van der Waals surface area contributed by atoms with Gasteiger partial charge in [-0.3, -0.25) is 4.79 Å². The molecule has 5 heteroatoms. The minimum Gasteiger partial charge on any atom is -0.384 e. The lowest BCUT2D eigenvalue weighted by Gasteiger charge is -2.04. The highest BCUT2D eigenvalue weighted by Crippen LogP contribution is 2.13. The molecule has 0 spiro atoms. The Labute approximate surface area is 116 Å². The first-order chi connectivity index (χ1) is 9.58. The lowest BCUT2D eigenvalue weighted by atomic mass is 10.1. The van der Waals surface area contributed by atoms with Crippen LogP contribution in [0.25, 0.3) is 0 Å². The smallest absolute Gasteiger partial charge is 0.256 e. The number of carbonyl (C=O) groups is 1. The average molecular weight is 270 g/mol. The molecule has 0 saturated heterocycles. The number of rotatable bonds is 2. The second kappa shape index (κ2) is 6.04. The molecule has 2 N–H and O–H groups in total. The molecular formula is C15H14N2O3. The molecule has 102 valence electrons. The Morgan fingerprint density at radius 2 is 2.15 bits per heavy atom. The molecule has 5 nitrogen and oxygen atoms in total. The summed E-state index contributed by atoms with van der Waals surface area (Å²) in [6.45, 7) is 3.41. The summed E-state index contributed by atoms with van der Waals surface area (Å²) in [4.78, 5) is 12.1. The second-order valence-electron chi connectivity index (χ2n) is 4.32. The van der Waals surface area contributed by atoms with Crippen molar-refractivity contribution in [1.29, 1.82) is 0 Å². The molecule has 1 aromatic heterocycles. The fraction of sp³-hybridized carbons (Fsp3) is 0.200. The summed E-state index contributed by atoms with van der Waals surface area (Å²) in [5, 5.41) is 15.1. The van der Waals surface area contributed by atoms with Crippen LogP contribution in [-0.4, -0.2) is 22.8 Å². The first kappa shape index (κ1) is 13.8. The Hall–Kier alpha value is -2.58. The van der Waals surface area contributed by atoms with Gasteiger partial charge in [-0.05, 0) is 37.6 Å². The molecule has 0 atom stereocenters. The van der Waals surface area contributed by atoms with Gasteiger partial charge in [0.15, 0.2) is 5.82 Å².